The van der Waals surface area contributed by atoms with Gasteiger partial charge in [-0.2, -0.15) is 0 Å². The Hall–Kier alpha value is -1.51. The molecule has 1 atom stereocenters. The molecule has 0 radical (unpaired) electrons. The third-order valence-corrected chi connectivity index (χ3v) is 2.90. The summed E-state index contributed by atoms with van der Waals surface area (Å²) in [6.07, 6.45) is 0.723. The lowest BCUT2D eigenvalue weighted by Gasteiger charge is -2.12. The Morgan fingerprint density at radius 1 is 1.12 bits per heavy atom. The Balaban J connectivity index is 2.11. The van der Waals surface area contributed by atoms with Gasteiger partial charge in [-0.25, -0.2) is 0 Å². The fourth-order valence-corrected chi connectivity index (χ4v) is 1.94. The molecule has 2 nitrogen and oxygen atoms in total. The van der Waals surface area contributed by atoms with Gasteiger partial charge in [0.2, 0.25) is 0 Å². The van der Waals surface area contributed by atoms with Gasteiger partial charge in [-0.3, -0.25) is 0 Å². The van der Waals surface area contributed by atoms with Crippen LogP contribution in [-0.4, -0.2) is 5.11 Å². The van der Waals surface area contributed by atoms with Gasteiger partial charge >= 0.3 is 0 Å². The second-order valence-electron chi connectivity index (χ2n) is 4.03. The van der Waals surface area contributed by atoms with Crippen LogP contribution in [0.2, 0.25) is 5.02 Å². The summed E-state index contributed by atoms with van der Waals surface area (Å²) < 4.78 is 0. The molecule has 0 spiro atoms. The van der Waals surface area contributed by atoms with Crippen LogP contribution in [-0.2, 0) is 6.42 Å². The van der Waals surface area contributed by atoms with Crippen LogP contribution in [0.3, 0.4) is 0 Å². The van der Waals surface area contributed by atoms with Crippen molar-refractivity contribution in [2.75, 3.05) is 0 Å². The Bertz CT molecular complexity index is 496. The first-order chi connectivity index (χ1) is 8.15. The van der Waals surface area contributed by atoms with Crippen LogP contribution in [0.4, 0.5) is 0 Å². The third kappa shape index (κ3) is 3.22. The monoisotopic (exact) mass is 247 g/mol. The minimum atomic E-state index is -0.0850. The van der Waals surface area contributed by atoms with E-state index in [1.807, 2.05) is 36.4 Å². The molecular weight excluding hydrogens is 234 g/mol. The quantitative estimate of drug-likeness (QED) is 0.874. The number of phenols is 1. The highest BCUT2D eigenvalue weighted by Gasteiger charge is 2.07. The molecule has 17 heavy (non-hydrogen) atoms. The summed E-state index contributed by atoms with van der Waals surface area (Å²) in [5.41, 5.74) is 8.22. The molecule has 0 aliphatic heterocycles. The molecule has 0 heterocycles. The van der Waals surface area contributed by atoms with Crippen LogP contribution >= 0.6 is 11.6 Å². The van der Waals surface area contributed by atoms with Gasteiger partial charge in [-0.15, -0.1) is 0 Å². The molecule has 88 valence electrons. The zero-order chi connectivity index (χ0) is 12.3. The van der Waals surface area contributed by atoms with Gasteiger partial charge in [-0.1, -0.05) is 35.9 Å². The summed E-state index contributed by atoms with van der Waals surface area (Å²) in [4.78, 5) is 0. The van der Waals surface area contributed by atoms with E-state index in [1.165, 1.54) is 0 Å². The number of benzene rings is 2. The minimum absolute atomic E-state index is 0.0850. The third-order valence-electron chi connectivity index (χ3n) is 2.67. The largest absolute Gasteiger partial charge is 0.508 e. The normalized spacial score (nSPS) is 12.4. The molecule has 2 rings (SSSR count). The molecule has 0 aliphatic carbocycles. The highest BCUT2D eigenvalue weighted by molar-refractivity contribution is 6.30. The summed E-state index contributed by atoms with van der Waals surface area (Å²) >= 11 is 5.92. The average molecular weight is 248 g/mol. The standard InChI is InChI=1S/C14H14ClNO/c15-12-3-1-2-11(9-12)14(16)8-10-4-6-13(17)7-5-10/h1-7,9,14,17H,8,16H2. The van der Waals surface area contributed by atoms with Gasteiger partial charge in [0, 0.05) is 11.1 Å². The zero-order valence-corrected chi connectivity index (χ0v) is 10.1. The number of aromatic hydroxyl groups is 1. The van der Waals surface area contributed by atoms with E-state index in [9.17, 15) is 5.11 Å². The molecule has 0 aromatic heterocycles. The van der Waals surface area contributed by atoms with Crippen LogP contribution in [0.1, 0.15) is 17.2 Å². The molecule has 0 saturated heterocycles. The summed E-state index contributed by atoms with van der Waals surface area (Å²) in [5, 5.41) is 9.89. The van der Waals surface area contributed by atoms with Gasteiger partial charge in [0.05, 0.1) is 0 Å². The fraction of sp³-hybridized carbons (Fsp3) is 0.143. The van der Waals surface area contributed by atoms with E-state index in [0.29, 0.717) is 5.02 Å². The lowest BCUT2D eigenvalue weighted by molar-refractivity contribution is 0.475. The summed E-state index contributed by atoms with van der Waals surface area (Å²) in [6.45, 7) is 0. The maximum absolute atomic E-state index is 9.20. The van der Waals surface area contributed by atoms with Crippen molar-refractivity contribution in [3.05, 3.63) is 64.7 Å². The first-order valence-electron chi connectivity index (χ1n) is 5.44. The van der Waals surface area contributed by atoms with E-state index >= 15 is 0 Å². The van der Waals surface area contributed by atoms with Crippen molar-refractivity contribution in [2.24, 2.45) is 5.73 Å². The summed E-state index contributed by atoms with van der Waals surface area (Å²) in [6, 6.07) is 14.6. The van der Waals surface area contributed by atoms with Crippen LogP contribution in [0.15, 0.2) is 48.5 Å². The first kappa shape index (κ1) is 12.0. The second-order valence-corrected chi connectivity index (χ2v) is 4.47. The molecule has 0 amide bonds. The minimum Gasteiger partial charge on any atom is -0.508 e. The van der Waals surface area contributed by atoms with Crippen molar-refractivity contribution < 1.29 is 5.11 Å². The van der Waals surface area contributed by atoms with Gasteiger partial charge in [0.15, 0.2) is 0 Å². The van der Waals surface area contributed by atoms with E-state index < -0.39 is 0 Å². The molecule has 0 saturated carbocycles. The molecule has 1 unspecified atom stereocenters. The van der Waals surface area contributed by atoms with E-state index in [1.54, 1.807) is 12.1 Å². The van der Waals surface area contributed by atoms with E-state index in [2.05, 4.69) is 0 Å². The first-order valence-corrected chi connectivity index (χ1v) is 5.82. The van der Waals surface area contributed by atoms with Crippen molar-refractivity contribution in [1.29, 1.82) is 0 Å². The molecule has 2 aromatic carbocycles. The number of hydrogen-bond donors (Lipinski definition) is 2. The Morgan fingerprint density at radius 3 is 2.47 bits per heavy atom. The van der Waals surface area contributed by atoms with Gasteiger partial charge < -0.3 is 10.8 Å². The van der Waals surface area contributed by atoms with Crippen LogP contribution in [0, 0.1) is 0 Å². The zero-order valence-electron chi connectivity index (χ0n) is 9.31. The van der Waals surface area contributed by atoms with Gasteiger partial charge in [0.25, 0.3) is 0 Å². The number of halogens is 1. The second kappa shape index (κ2) is 5.21. The Kier molecular flexibility index (Phi) is 3.67. The number of nitrogens with two attached hydrogens (primary N) is 1. The van der Waals surface area contributed by atoms with Crippen molar-refractivity contribution in [3.8, 4) is 5.75 Å². The van der Waals surface area contributed by atoms with Crippen LogP contribution in [0.25, 0.3) is 0 Å². The number of rotatable bonds is 3. The van der Waals surface area contributed by atoms with Crippen molar-refractivity contribution in [1.82, 2.24) is 0 Å². The topological polar surface area (TPSA) is 46.2 Å². The maximum Gasteiger partial charge on any atom is 0.115 e. The number of phenolic OH excluding ortho intramolecular Hbond substituents is 1. The van der Waals surface area contributed by atoms with Crippen LogP contribution < -0.4 is 5.73 Å². The van der Waals surface area contributed by atoms with E-state index in [-0.39, 0.29) is 11.8 Å². The predicted octanol–water partition coefficient (Wildman–Crippen LogP) is 3.29. The fourth-order valence-electron chi connectivity index (χ4n) is 1.74. The van der Waals surface area contributed by atoms with E-state index in [0.717, 1.165) is 17.5 Å². The Labute approximate surface area is 106 Å². The highest BCUT2D eigenvalue weighted by Crippen LogP contribution is 2.20. The van der Waals surface area contributed by atoms with Gasteiger partial charge in [0.1, 0.15) is 5.75 Å². The average Bonchev–Trinajstić information content (AvgIpc) is 2.32. The lowest BCUT2D eigenvalue weighted by Crippen LogP contribution is -2.13. The molecule has 0 fully saturated rings. The van der Waals surface area contributed by atoms with Crippen molar-refractivity contribution in [3.63, 3.8) is 0 Å². The van der Waals surface area contributed by atoms with Crippen LogP contribution in [0.5, 0.6) is 5.75 Å². The predicted molar refractivity (Wildman–Crippen MR) is 70.2 cm³/mol. The molecular formula is C14H14ClNO. The molecule has 0 aliphatic rings. The molecule has 3 N–H and O–H groups in total. The smallest absolute Gasteiger partial charge is 0.115 e. The Morgan fingerprint density at radius 2 is 1.82 bits per heavy atom. The summed E-state index contributed by atoms with van der Waals surface area (Å²) in [7, 11) is 0. The lowest BCUT2D eigenvalue weighted by atomic mass is 10.00. The van der Waals surface area contributed by atoms with Crippen molar-refractivity contribution >= 4 is 11.6 Å². The maximum atomic E-state index is 9.20. The van der Waals surface area contributed by atoms with Gasteiger partial charge in [-0.05, 0) is 41.8 Å². The molecule has 0 bridgehead atoms. The molecule has 3 heteroatoms. The molecule has 2 aromatic rings. The highest BCUT2D eigenvalue weighted by atomic mass is 35.5. The number of hydrogen-bond acceptors (Lipinski definition) is 2. The van der Waals surface area contributed by atoms with Crippen molar-refractivity contribution in [2.45, 2.75) is 12.5 Å². The summed E-state index contributed by atoms with van der Waals surface area (Å²) in [5.74, 6) is 0.269. The SMILES string of the molecule is NC(Cc1ccc(O)cc1)c1cccc(Cl)c1. The van der Waals surface area contributed by atoms with E-state index in [4.69, 9.17) is 17.3 Å².